The van der Waals surface area contributed by atoms with Crippen LogP contribution in [0.3, 0.4) is 0 Å². The first-order valence-corrected chi connectivity index (χ1v) is 4.64. The third kappa shape index (κ3) is 1.63. The zero-order chi connectivity index (χ0) is 11.7. The van der Waals surface area contributed by atoms with Gasteiger partial charge in [0.25, 0.3) is 0 Å². The summed E-state index contributed by atoms with van der Waals surface area (Å²) in [4.78, 5) is 11.0. The molecule has 0 unspecified atom stereocenters. The molecule has 0 spiro atoms. The van der Waals surface area contributed by atoms with E-state index in [1.165, 1.54) is 23.0 Å². The minimum atomic E-state index is -1.04. The van der Waals surface area contributed by atoms with Crippen LogP contribution in [0.1, 0.15) is 10.4 Å². The molecule has 0 fully saturated rings. The second-order valence-corrected chi connectivity index (χ2v) is 3.39. The summed E-state index contributed by atoms with van der Waals surface area (Å²) < 4.78 is 1.47. The molecule has 0 aliphatic heterocycles. The Balaban J connectivity index is 2.63. The van der Waals surface area contributed by atoms with Crippen molar-refractivity contribution in [3.8, 4) is 17.0 Å². The molecule has 5 nitrogen and oxygen atoms in total. The van der Waals surface area contributed by atoms with Crippen LogP contribution in [0, 0.1) is 0 Å². The van der Waals surface area contributed by atoms with E-state index in [0.29, 0.717) is 11.3 Å². The normalized spacial score (nSPS) is 10.3. The van der Waals surface area contributed by atoms with E-state index in [1.54, 1.807) is 19.2 Å². The van der Waals surface area contributed by atoms with Gasteiger partial charge in [0.1, 0.15) is 11.3 Å². The molecule has 0 atom stereocenters. The van der Waals surface area contributed by atoms with E-state index in [-0.39, 0.29) is 11.3 Å². The van der Waals surface area contributed by atoms with Gasteiger partial charge in [-0.3, -0.25) is 4.68 Å². The van der Waals surface area contributed by atoms with E-state index in [4.69, 9.17) is 5.11 Å². The number of aromatic carboxylic acids is 1. The fraction of sp³-hybridized carbons (Fsp3) is 0.0909. The SMILES string of the molecule is Cn1ncc(C(=O)O)c1-c1cccc(O)c1. The zero-order valence-corrected chi connectivity index (χ0v) is 8.58. The second-order valence-electron chi connectivity index (χ2n) is 3.39. The van der Waals surface area contributed by atoms with Crippen LogP contribution in [-0.2, 0) is 7.05 Å². The Morgan fingerprint density at radius 1 is 1.44 bits per heavy atom. The number of phenolic OH excluding ortho intramolecular Hbond substituents is 1. The summed E-state index contributed by atoms with van der Waals surface area (Å²) >= 11 is 0. The first-order chi connectivity index (χ1) is 7.59. The molecule has 1 aromatic carbocycles. The summed E-state index contributed by atoms with van der Waals surface area (Å²) in [5, 5.41) is 22.2. The smallest absolute Gasteiger partial charge is 0.339 e. The summed E-state index contributed by atoms with van der Waals surface area (Å²) in [6.45, 7) is 0. The van der Waals surface area contributed by atoms with Gasteiger partial charge in [0.05, 0.1) is 11.9 Å². The molecule has 5 heteroatoms. The number of benzene rings is 1. The van der Waals surface area contributed by atoms with Crippen molar-refractivity contribution in [3.63, 3.8) is 0 Å². The number of carbonyl (C=O) groups is 1. The predicted molar refractivity (Wildman–Crippen MR) is 57.3 cm³/mol. The van der Waals surface area contributed by atoms with Gasteiger partial charge in [-0.25, -0.2) is 4.79 Å². The third-order valence-electron chi connectivity index (χ3n) is 2.29. The standard InChI is InChI=1S/C11H10N2O3/c1-13-10(9(6-12-13)11(15)16)7-3-2-4-8(14)5-7/h2-6,14H,1H3,(H,15,16). The molecule has 2 N–H and O–H groups in total. The molecule has 0 bridgehead atoms. The maximum absolute atomic E-state index is 11.0. The lowest BCUT2D eigenvalue weighted by Crippen LogP contribution is -2.00. The van der Waals surface area contributed by atoms with Gasteiger partial charge in [-0.2, -0.15) is 5.10 Å². The third-order valence-corrected chi connectivity index (χ3v) is 2.29. The molecule has 0 saturated carbocycles. The lowest BCUT2D eigenvalue weighted by molar-refractivity contribution is 0.0697. The first-order valence-electron chi connectivity index (χ1n) is 4.64. The Kier molecular flexibility index (Phi) is 2.36. The number of hydrogen-bond donors (Lipinski definition) is 2. The number of carboxylic acids is 1. The highest BCUT2D eigenvalue weighted by Gasteiger charge is 2.16. The number of aromatic nitrogens is 2. The van der Waals surface area contributed by atoms with Gasteiger partial charge in [-0.15, -0.1) is 0 Å². The first kappa shape index (κ1) is 10.2. The minimum Gasteiger partial charge on any atom is -0.508 e. The molecular weight excluding hydrogens is 208 g/mol. The fourth-order valence-electron chi connectivity index (χ4n) is 1.59. The molecular formula is C11H10N2O3. The predicted octanol–water partition coefficient (Wildman–Crippen LogP) is 1.49. The number of carboxylic acid groups (broad SMARTS) is 1. The number of aromatic hydroxyl groups is 1. The second kappa shape index (κ2) is 3.69. The molecule has 0 saturated heterocycles. The van der Waals surface area contributed by atoms with Gasteiger partial charge in [-0.1, -0.05) is 12.1 Å². The largest absolute Gasteiger partial charge is 0.508 e. The maximum Gasteiger partial charge on any atom is 0.339 e. The molecule has 0 aliphatic rings. The van der Waals surface area contributed by atoms with Crippen LogP contribution in [0.5, 0.6) is 5.75 Å². The number of hydrogen-bond acceptors (Lipinski definition) is 3. The summed E-state index contributed by atoms with van der Waals surface area (Å²) in [6, 6.07) is 6.41. The highest BCUT2D eigenvalue weighted by atomic mass is 16.4. The molecule has 0 aliphatic carbocycles. The Morgan fingerprint density at radius 2 is 2.19 bits per heavy atom. The van der Waals surface area contributed by atoms with Crippen LogP contribution in [0.25, 0.3) is 11.3 Å². The highest BCUT2D eigenvalue weighted by Crippen LogP contribution is 2.25. The number of phenols is 1. The monoisotopic (exact) mass is 218 g/mol. The Morgan fingerprint density at radius 3 is 2.81 bits per heavy atom. The van der Waals surface area contributed by atoms with Crippen molar-refractivity contribution < 1.29 is 15.0 Å². The van der Waals surface area contributed by atoms with Gasteiger partial charge >= 0.3 is 5.97 Å². The topological polar surface area (TPSA) is 75.4 Å². The molecule has 0 amide bonds. The van der Waals surface area contributed by atoms with Crippen LogP contribution in [-0.4, -0.2) is 26.0 Å². The highest BCUT2D eigenvalue weighted by molar-refractivity contribution is 5.94. The van der Waals surface area contributed by atoms with Gasteiger partial charge in [-0.05, 0) is 12.1 Å². The minimum absolute atomic E-state index is 0.0926. The average Bonchev–Trinajstić information content (AvgIpc) is 2.60. The van der Waals surface area contributed by atoms with Crippen molar-refractivity contribution in [2.24, 2.45) is 7.05 Å². The van der Waals surface area contributed by atoms with Crippen molar-refractivity contribution >= 4 is 5.97 Å². The van der Waals surface area contributed by atoms with E-state index >= 15 is 0 Å². The summed E-state index contributed by atoms with van der Waals surface area (Å²) in [5.41, 5.74) is 1.22. The maximum atomic E-state index is 11.0. The Bertz CT molecular complexity index is 546. The van der Waals surface area contributed by atoms with Crippen LogP contribution >= 0.6 is 0 Å². The van der Waals surface area contributed by atoms with Crippen molar-refractivity contribution in [1.82, 2.24) is 9.78 Å². The van der Waals surface area contributed by atoms with Gasteiger partial charge in [0, 0.05) is 12.6 Å². The molecule has 82 valence electrons. The quantitative estimate of drug-likeness (QED) is 0.800. The van der Waals surface area contributed by atoms with Crippen LogP contribution in [0.15, 0.2) is 30.5 Å². The van der Waals surface area contributed by atoms with Gasteiger partial charge < -0.3 is 10.2 Å². The van der Waals surface area contributed by atoms with Crippen molar-refractivity contribution in [2.75, 3.05) is 0 Å². The molecule has 16 heavy (non-hydrogen) atoms. The van der Waals surface area contributed by atoms with E-state index in [0.717, 1.165) is 0 Å². The van der Waals surface area contributed by atoms with Gasteiger partial charge in [0.2, 0.25) is 0 Å². The summed E-state index contributed by atoms with van der Waals surface area (Å²) in [5.74, 6) is -0.943. The lowest BCUT2D eigenvalue weighted by Gasteiger charge is -2.04. The zero-order valence-electron chi connectivity index (χ0n) is 8.58. The fourth-order valence-corrected chi connectivity index (χ4v) is 1.59. The molecule has 0 radical (unpaired) electrons. The average molecular weight is 218 g/mol. The number of nitrogens with zero attached hydrogens (tertiary/aromatic N) is 2. The van der Waals surface area contributed by atoms with E-state index in [1.807, 2.05) is 0 Å². The van der Waals surface area contributed by atoms with E-state index in [9.17, 15) is 9.90 Å². The summed E-state index contributed by atoms with van der Waals surface area (Å²) in [7, 11) is 1.66. The lowest BCUT2D eigenvalue weighted by atomic mass is 10.1. The summed E-state index contributed by atoms with van der Waals surface area (Å²) in [6.07, 6.45) is 1.29. The number of aryl methyl sites for hydroxylation is 1. The van der Waals surface area contributed by atoms with E-state index < -0.39 is 5.97 Å². The Labute approximate surface area is 91.6 Å². The van der Waals surface area contributed by atoms with Crippen molar-refractivity contribution in [2.45, 2.75) is 0 Å². The van der Waals surface area contributed by atoms with Crippen LogP contribution < -0.4 is 0 Å². The molecule has 2 aromatic rings. The number of rotatable bonds is 2. The van der Waals surface area contributed by atoms with Crippen LogP contribution in [0.4, 0.5) is 0 Å². The van der Waals surface area contributed by atoms with Gasteiger partial charge in [0.15, 0.2) is 0 Å². The molecule has 2 rings (SSSR count). The van der Waals surface area contributed by atoms with Crippen LogP contribution in [0.2, 0.25) is 0 Å². The van der Waals surface area contributed by atoms with E-state index in [2.05, 4.69) is 5.10 Å². The Hall–Kier alpha value is -2.30. The van der Waals surface area contributed by atoms with Crippen molar-refractivity contribution in [1.29, 1.82) is 0 Å². The van der Waals surface area contributed by atoms with Crippen molar-refractivity contribution in [3.05, 3.63) is 36.0 Å². The molecule has 1 heterocycles. The molecule has 1 aromatic heterocycles.